The van der Waals surface area contributed by atoms with Gasteiger partial charge in [-0.1, -0.05) is 12.1 Å². The van der Waals surface area contributed by atoms with Crippen molar-refractivity contribution in [3.63, 3.8) is 0 Å². The Morgan fingerprint density at radius 2 is 1.74 bits per heavy atom. The van der Waals surface area contributed by atoms with Crippen LogP contribution in [0.4, 0.5) is 22.0 Å². The van der Waals surface area contributed by atoms with Gasteiger partial charge in [0, 0.05) is 5.39 Å². The van der Waals surface area contributed by atoms with Gasteiger partial charge in [-0.3, -0.25) is 4.79 Å². The molecule has 4 aromatic rings. The third kappa shape index (κ3) is 5.00. The highest BCUT2D eigenvalue weighted by atomic mass is 19.4. The predicted octanol–water partition coefficient (Wildman–Crippen LogP) is 5.49. The maximum atomic E-state index is 13.8. The molecule has 0 spiro atoms. The molecule has 1 amide bonds. The molecule has 5 nitrogen and oxygen atoms in total. The molecular weight excluding hydrogens is 457 g/mol. The summed E-state index contributed by atoms with van der Waals surface area (Å²) >= 11 is 0. The number of ether oxygens (including phenoxy) is 1. The summed E-state index contributed by atoms with van der Waals surface area (Å²) in [6.45, 7) is 1.34. The van der Waals surface area contributed by atoms with Crippen molar-refractivity contribution < 1.29 is 31.5 Å². The number of carbonyl (C=O) groups is 1. The lowest BCUT2D eigenvalue weighted by Crippen LogP contribution is -2.45. The minimum atomic E-state index is -5.07. The number of benzene rings is 3. The van der Waals surface area contributed by atoms with Crippen molar-refractivity contribution in [2.24, 2.45) is 0 Å². The van der Waals surface area contributed by atoms with Crippen molar-refractivity contribution in [3.8, 4) is 11.4 Å². The van der Waals surface area contributed by atoms with Crippen LogP contribution < -0.4 is 10.1 Å². The zero-order chi connectivity index (χ0) is 24.5. The molecular formula is C24H18F5N3O2. The van der Waals surface area contributed by atoms with E-state index >= 15 is 0 Å². The van der Waals surface area contributed by atoms with Gasteiger partial charge in [0.15, 0.2) is 0 Å². The fourth-order valence-corrected chi connectivity index (χ4v) is 3.53. The summed E-state index contributed by atoms with van der Waals surface area (Å²) < 4.78 is 72.9. The Bertz CT molecular complexity index is 1320. The Balaban J connectivity index is 1.64. The van der Waals surface area contributed by atoms with Gasteiger partial charge in [0.05, 0.1) is 23.4 Å². The Morgan fingerprint density at radius 3 is 2.41 bits per heavy atom. The first-order valence-electron chi connectivity index (χ1n) is 10.2. The fourth-order valence-electron chi connectivity index (χ4n) is 3.53. The lowest BCUT2D eigenvalue weighted by molar-refractivity contribution is -0.174. The number of alkyl halides is 3. The van der Waals surface area contributed by atoms with Crippen molar-refractivity contribution in [3.05, 3.63) is 90.1 Å². The number of carbonyl (C=O) groups excluding carboxylic acids is 1. The quantitative estimate of drug-likeness (QED) is 0.375. The first kappa shape index (κ1) is 23.2. The minimum absolute atomic E-state index is 0.247. The molecule has 0 aliphatic rings. The summed E-state index contributed by atoms with van der Waals surface area (Å²) in [4.78, 5) is 11.5. The maximum absolute atomic E-state index is 13.8. The van der Waals surface area contributed by atoms with E-state index in [-0.39, 0.29) is 17.1 Å². The highest BCUT2D eigenvalue weighted by Crippen LogP contribution is 2.30. The van der Waals surface area contributed by atoms with E-state index in [2.05, 4.69) is 5.10 Å². The lowest BCUT2D eigenvalue weighted by Gasteiger charge is -2.27. The Kier molecular flexibility index (Phi) is 6.23. The molecule has 0 saturated heterocycles. The van der Waals surface area contributed by atoms with Crippen LogP contribution in [0.15, 0.2) is 72.9 Å². The maximum Gasteiger partial charge on any atom is 0.471 e. The van der Waals surface area contributed by atoms with E-state index in [1.165, 1.54) is 37.3 Å². The van der Waals surface area contributed by atoms with Crippen LogP contribution in [0.1, 0.15) is 18.6 Å². The smallest absolute Gasteiger partial charge is 0.471 e. The van der Waals surface area contributed by atoms with Gasteiger partial charge in [-0.05, 0) is 67.1 Å². The third-order valence-electron chi connectivity index (χ3n) is 5.12. The summed E-state index contributed by atoms with van der Waals surface area (Å²) in [7, 11) is 0. The molecule has 34 heavy (non-hydrogen) atoms. The molecule has 4 rings (SSSR count). The first-order valence-corrected chi connectivity index (χ1v) is 10.2. The van der Waals surface area contributed by atoms with Gasteiger partial charge in [0.1, 0.15) is 23.5 Å². The van der Waals surface area contributed by atoms with Gasteiger partial charge in [-0.15, -0.1) is 0 Å². The molecule has 10 heteroatoms. The van der Waals surface area contributed by atoms with E-state index in [9.17, 15) is 26.7 Å². The molecule has 0 radical (unpaired) electrons. The molecule has 1 N–H and O–H groups in total. The van der Waals surface area contributed by atoms with E-state index in [1.807, 2.05) is 5.32 Å². The van der Waals surface area contributed by atoms with Crippen molar-refractivity contribution in [2.45, 2.75) is 25.2 Å². The molecule has 2 atom stereocenters. The summed E-state index contributed by atoms with van der Waals surface area (Å²) in [6.07, 6.45) is -4.64. The van der Waals surface area contributed by atoms with E-state index in [4.69, 9.17) is 4.74 Å². The largest absolute Gasteiger partial charge is 0.484 e. The Hall–Kier alpha value is -3.95. The van der Waals surface area contributed by atoms with E-state index in [0.29, 0.717) is 16.6 Å². The molecule has 0 bridgehead atoms. The summed E-state index contributed by atoms with van der Waals surface area (Å²) in [5.41, 5.74) is 1.56. The van der Waals surface area contributed by atoms with Crippen LogP contribution in [0, 0.1) is 11.6 Å². The number of halogens is 5. The molecule has 1 aromatic heterocycles. The second-order valence-corrected chi connectivity index (χ2v) is 7.61. The summed E-state index contributed by atoms with van der Waals surface area (Å²) in [5.74, 6) is -2.84. The molecule has 0 fully saturated rings. The minimum Gasteiger partial charge on any atom is -0.484 e. The van der Waals surface area contributed by atoms with Crippen LogP contribution in [0.3, 0.4) is 0 Å². The second kappa shape index (κ2) is 9.12. The second-order valence-electron chi connectivity index (χ2n) is 7.61. The topological polar surface area (TPSA) is 56.1 Å². The van der Waals surface area contributed by atoms with Gasteiger partial charge in [-0.2, -0.15) is 18.3 Å². The standard InChI is InChI=1S/C24H18F5N3O2/c1-14(31-23(33)24(27,28)29)22(15-3-2-4-18(26)11-15)34-20-9-10-21-16(12-20)13-30-32(21)19-7-5-17(25)6-8-19/h2-14,22H,1H3,(H,31,33)/t14-,22+/m0/s1. The molecule has 3 aromatic carbocycles. The number of hydrogen-bond acceptors (Lipinski definition) is 3. The van der Waals surface area contributed by atoms with Crippen molar-refractivity contribution >= 4 is 16.8 Å². The Labute approximate surface area is 190 Å². The first-order chi connectivity index (χ1) is 16.1. The Morgan fingerprint density at radius 1 is 1.00 bits per heavy atom. The zero-order valence-corrected chi connectivity index (χ0v) is 17.7. The SMILES string of the molecule is C[C@H](NC(=O)C(F)(F)F)[C@@H](Oc1ccc2c(cnn2-c2ccc(F)cc2)c1)c1cccc(F)c1. The zero-order valence-electron chi connectivity index (χ0n) is 17.7. The predicted molar refractivity (Wildman–Crippen MR) is 114 cm³/mol. The van der Waals surface area contributed by atoms with Gasteiger partial charge in [0.25, 0.3) is 0 Å². The van der Waals surface area contributed by atoms with E-state index < -0.39 is 30.0 Å². The number of aromatic nitrogens is 2. The number of nitrogens with one attached hydrogen (secondary N) is 1. The molecule has 0 aliphatic heterocycles. The van der Waals surface area contributed by atoms with Crippen LogP contribution in [0.5, 0.6) is 5.75 Å². The number of fused-ring (bicyclic) bond motifs is 1. The van der Waals surface area contributed by atoms with Gasteiger partial charge < -0.3 is 10.1 Å². The monoisotopic (exact) mass is 475 g/mol. The molecule has 0 unspecified atom stereocenters. The van der Waals surface area contributed by atoms with Gasteiger partial charge in [-0.25, -0.2) is 13.5 Å². The normalized spacial score (nSPS) is 13.5. The van der Waals surface area contributed by atoms with Gasteiger partial charge in [0.2, 0.25) is 0 Å². The molecule has 0 saturated carbocycles. The van der Waals surface area contributed by atoms with Crippen LogP contribution in [0.25, 0.3) is 16.6 Å². The molecule has 176 valence electrons. The number of hydrogen-bond donors (Lipinski definition) is 1. The van der Waals surface area contributed by atoms with Crippen molar-refractivity contribution in [2.75, 3.05) is 0 Å². The lowest BCUT2D eigenvalue weighted by atomic mass is 10.0. The molecule has 1 heterocycles. The third-order valence-corrected chi connectivity index (χ3v) is 5.12. The average molecular weight is 475 g/mol. The number of nitrogens with zero attached hydrogens (tertiary/aromatic N) is 2. The van der Waals surface area contributed by atoms with E-state index in [1.54, 1.807) is 41.2 Å². The van der Waals surface area contributed by atoms with Crippen molar-refractivity contribution in [1.29, 1.82) is 0 Å². The summed E-state index contributed by atoms with van der Waals surface area (Å²) in [5, 5.41) is 6.81. The van der Waals surface area contributed by atoms with Crippen LogP contribution >= 0.6 is 0 Å². The molecule has 0 aliphatic carbocycles. The van der Waals surface area contributed by atoms with Crippen LogP contribution in [-0.2, 0) is 4.79 Å². The summed E-state index contributed by atoms with van der Waals surface area (Å²) in [6, 6.07) is 14.7. The fraction of sp³-hybridized carbons (Fsp3) is 0.167. The highest BCUT2D eigenvalue weighted by molar-refractivity contribution is 5.82. The van der Waals surface area contributed by atoms with Gasteiger partial charge >= 0.3 is 12.1 Å². The number of rotatable bonds is 6. The van der Waals surface area contributed by atoms with Crippen LogP contribution in [0.2, 0.25) is 0 Å². The average Bonchev–Trinajstić information content (AvgIpc) is 3.20. The van der Waals surface area contributed by atoms with E-state index in [0.717, 1.165) is 6.07 Å². The van der Waals surface area contributed by atoms with Crippen molar-refractivity contribution in [1.82, 2.24) is 15.1 Å². The highest BCUT2D eigenvalue weighted by Gasteiger charge is 2.40. The van der Waals surface area contributed by atoms with Crippen LogP contribution in [-0.4, -0.2) is 27.9 Å². The number of amides is 1.